The van der Waals surface area contributed by atoms with Crippen molar-refractivity contribution in [3.05, 3.63) is 46.5 Å². The van der Waals surface area contributed by atoms with Crippen molar-refractivity contribution >= 4 is 5.69 Å². The lowest BCUT2D eigenvalue weighted by Crippen LogP contribution is -1.92. The van der Waals surface area contributed by atoms with Crippen molar-refractivity contribution in [3.63, 3.8) is 0 Å². The molecule has 0 N–H and O–H groups in total. The third-order valence-corrected chi connectivity index (χ3v) is 1.87. The molecule has 0 spiro atoms. The summed E-state index contributed by atoms with van der Waals surface area (Å²) in [7, 11) is 0. The van der Waals surface area contributed by atoms with Crippen LogP contribution in [0.25, 0.3) is 11.3 Å². The van der Waals surface area contributed by atoms with Gasteiger partial charge in [-0.3, -0.25) is 10.1 Å². The smallest absolute Gasteiger partial charge is 0.279 e. The molecule has 0 fully saturated rings. The average Bonchev–Trinajstić information content (AvgIpc) is 2.69. The quantitative estimate of drug-likeness (QED) is 0.561. The SMILES string of the molecule is O=[N+]([O-])c1ccc(F)cc1-c1ccon1. The zero-order chi connectivity index (χ0) is 10.8. The lowest BCUT2D eigenvalue weighted by molar-refractivity contribution is -0.384. The van der Waals surface area contributed by atoms with Crippen LogP contribution in [0.1, 0.15) is 0 Å². The molecule has 6 heteroatoms. The molecular weight excluding hydrogens is 203 g/mol. The van der Waals surface area contributed by atoms with Crippen LogP contribution in [-0.4, -0.2) is 10.1 Å². The topological polar surface area (TPSA) is 69.2 Å². The summed E-state index contributed by atoms with van der Waals surface area (Å²) in [6, 6.07) is 4.61. The van der Waals surface area contributed by atoms with Crippen molar-refractivity contribution in [2.45, 2.75) is 0 Å². The van der Waals surface area contributed by atoms with Gasteiger partial charge in [0, 0.05) is 12.1 Å². The first kappa shape index (κ1) is 9.32. The van der Waals surface area contributed by atoms with E-state index in [4.69, 9.17) is 0 Å². The molecule has 0 aliphatic rings. The molecule has 0 amide bonds. The molecule has 2 aromatic rings. The number of hydrogen-bond donors (Lipinski definition) is 0. The highest BCUT2D eigenvalue weighted by molar-refractivity contribution is 5.69. The predicted molar refractivity (Wildman–Crippen MR) is 48.6 cm³/mol. The van der Waals surface area contributed by atoms with Crippen LogP contribution < -0.4 is 0 Å². The van der Waals surface area contributed by atoms with Crippen LogP contribution in [0.2, 0.25) is 0 Å². The van der Waals surface area contributed by atoms with E-state index in [1.54, 1.807) is 0 Å². The molecule has 76 valence electrons. The Bertz CT molecular complexity index is 496. The van der Waals surface area contributed by atoms with Crippen LogP contribution in [0.4, 0.5) is 10.1 Å². The molecule has 0 saturated carbocycles. The summed E-state index contributed by atoms with van der Waals surface area (Å²) in [5.74, 6) is -0.557. The van der Waals surface area contributed by atoms with Gasteiger partial charge in [-0.2, -0.15) is 0 Å². The number of nitrogens with zero attached hydrogens (tertiary/aromatic N) is 2. The summed E-state index contributed by atoms with van der Waals surface area (Å²) in [4.78, 5) is 10.1. The number of nitro groups is 1. The molecule has 2 rings (SSSR count). The van der Waals surface area contributed by atoms with Crippen LogP contribution in [0.15, 0.2) is 35.1 Å². The lowest BCUT2D eigenvalue weighted by Gasteiger charge is -1.98. The highest BCUT2D eigenvalue weighted by Gasteiger charge is 2.17. The average molecular weight is 208 g/mol. The van der Waals surface area contributed by atoms with Gasteiger partial charge in [-0.25, -0.2) is 4.39 Å². The fraction of sp³-hybridized carbons (Fsp3) is 0. The summed E-state index contributed by atoms with van der Waals surface area (Å²) in [6.07, 6.45) is 1.27. The number of benzene rings is 1. The Morgan fingerprint density at radius 2 is 2.20 bits per heavy atom. The van der Waals surface area contributed by atoms with E-state index < -0.39 is 10.7 Å². The largest absolute Gasteiger partial charge is 0.364 e. The third-order valence-electron chi connectivity index (χ3n) is 1.87. The van der Waals surface area contributed by atoms with Crippen LogP contribution in [-0.2, 0) is 0 Å². The number of rotatable bonds is 2. The first-order chi connectivity index (χ1) is 7.18. The van der Waals surface area contributed by atoms with E-state index in [1.807, 2.05) is 0 Å². The Morgan fingerprint density at radius 1 is 1.40 bits per heavy atom. The fourth-order valence-electron chi connectivity index (χ4n) is 1.22. The second-order valence-electron chi connectivity index (χ2n) is 2.80. The molecule has 0 radical (unpaired) electrons. The number of halogens is 1. The molecule has 0 atom stereocenters. The van der Waals surface area contributed by atoms with E-state index in [0.717, 1.165) is 18.2 Å². The normalized spacial score (nSPS) is 10.2. The maximum absolute atomic E-state index is 12.9. The Kier molecular flexibility index (Phi) is 2.17. The number of aromatic nitrogens is 1. The Hall–Kier alpha value is -2.24. The van der Waals surface area contributed by atoms with Gasteiger partial charge in [-0.05, 0) is 12.1 Å². The first-order valence-corrected chi connectivity index (χ1v) is 4.03. The van der Waals surface area contributed by atoms with E-state index >= 15 is 0 Å². The van der Waals surface area contributed by atoms with Crippen LogP contribution in [0, 0.1) is 15.9 Å². The molecule has 0 unspecified atom stereocenters. The van der Waals surface area contributed by atoms with Crippen molar-refractivity contribution in [3.8, 4) is 11.3 Å². The predicted octanol–water partition coefficient (Wildman–Crippen LogP) is 2.39. The minimum absolute atomic E-state index is 0.105. The van der Waals surface area contributed by atoms with Gasteiger partial charge in [-0.15, -0.1) is 0 Å². The van der Waals surface area contributed by atoms with E-state index in [1.165, 1.54) is 12.3 Å². The van der Waals surface area contributed by atoms with Gasteiger partial charge in [0.15, 0.2) is 0 Å². The van der Waals surface area contributed by atoms with Gasteiger partial charge in [0.1, 0.15) is 17.8 Å². The molecule has 0 saturated heterocycles. The Labute approximate surface area is 83.3 Å². The van der Waals surface area contributed by atoms with E-state index in [9.17, 15) is 14.5 Å². The van der Waals surface area contributed by atoms with Crippen molar-refractivity contribution in [1.29, 1.82) is 0 Å². The second kappa shape index (κ2) is 3.49. The molecular formula is C9H5FN2O3. The van der Waals surface area contributed by atoms with Crippen molar-refractivity contribution in [2.24, 2.45) is 0 Å². The Balaban J connectivity index is 2.63. The van der Waals surface area contributed by atoms with E-state index in [2.05, 4.69) is 9.68 Å². The van der Waals surface area contributed by atoms with Crippen molar-refractivity contribution in [2.75, 3.05) is 0 Å². The zero-order valence-corrected chi connectivity index (χ0v) is 7.38. The number of hydrogen-bond acceptors (Lipinski definition) is 4. The molecule has 1 aromatic carbocycles. The molecule has 1 aromatic heterocycles. The minimum atomic E-state index is -0.594. The molecule has 0 aliphatic heterocycles. The lowest BCUT2D eigenvalue weighted by atomic mass is 10.1. The Morgan fingerprint density at radius 3 is 2.80 bits per heavy atom. The molecule has 0 bridgehead atoms. The standard InChI is InChI=1S/C9H5FN2O3/c10-6-1-2-9(12(13)14)7(5-6)8-3-4-15-11-8/h1-5H. The summed E-state index contributed by atoms with van der Waals surface area (Å²) >= 11 is 0. The maximum Gasteiger partial charge on any atom is 0.279 e. The molecule has 1 heterocycles. The highest BCUT2D eigenvalue weighted by atomic mass is 19.1. The first-order valence-electron chi connectivity index (χ1n) is 4.03. The highest BCUT2D eigenvalue weighted by Crippen LogP contribution is 2.28. The van der Waals surface area contributed by atoms with Gasteiger partial charge in [0.05, 0.1) is 10.5 Å². The summed E-state index contributed by atoms with van der Waals surface area (Å²) in [6.45, 7) is 0. The maximum atomic E-state index is 12.9. The van der Waals surface area contributed by atoms with Crippen LogP contribution >= 0.6 is 0 Å². The minimum Gasteiger partial charge on any atom is -0.364 e. The van der Waals surface area contributed by atoms with Gasteiger partial charge in [0.2, 0.25) is 0 Å². The monoisotopic (exact) mass is 208 g/mol. The van der Waals surface area contributed by atoms with Crippen LogP contribution in [0.5, 0.6) is 0 Å². The van der Waals surface area contributed by atoms with Crippen LogP contribution in [0.3, 0.4) is 0 Å². The van der Waals surface area contributed by atoms with Gasteiger partial charge in [0.25, 0.3) is 5.69 Å². The summed E-state index contributed by atoms with van der Waals surface area (Å²) in [5, 5.41) is 14.2. The third kappa shape index (κ3) is 1.69. The zero-order valence-electron chi connectivity index (χ0n) is 7.38. The van der Waals surface area contributed by atoms with E-state index in [-0.39, 0.29) is 16.9 Å². The van der Waals surface area contributed by atoms with Gasteiger partial charge >= 0.3 is 0 Å². The number of nitro benzene ring substituents is 1. The molecule has 5 nitrogen and oxygen atoms in total. The van der Waals surface area contributed by atoms with Crippen molar-refractivity contribution in [1.82, 2.24) is 5.16 Å². The van der Waals surface area contributed by atoms with Gasteiger partial charge < -0.3 is 4.52 Å². The van der Waals surface area contributed by atoms with E-state index in [0.29, 0.717) is 0 Å². The fourth-order valence-corrected chi connectivity index (χ4v) is 1.22. The van der Waals surface area contributed by atoms with Gasteiger partial charge in [-0.1, -0.05) is 5.16 Å². The molecule has 0 aliphatic carbocycles. The molecule has 15 heavy (non-hydrogen) atoms. The summed E-state index contributed by atoms with van der Waals surface area (Å²) in [5.41, 5.74) is 0.139. The van der Waals surface area contributed by atoms with Crippen molar-refractivity contribution < 1.29 is 13.8 Å². The second-order valence-corrected chi connectivity index (χ2v) is 2.80. The summed E-state index contributed by atoms with van der Waals surface area (Å²) < 4.78 is 17.5.